The molecule has 0 atom stereocenters. The van der Waals surface area contributed by atoms with Crippen molar-refractivity contribution in [2.75, 3.05) is 44.5 Å². The van der Waals surface area contributed by atoms with Gasteiger partial charge in [-0.3, -0.25) is 9.10 Å². The maximum Gasteiger partial charge on any atom is 0.260 e. The van der Waals surface area contributed by atoms with Crippen LogP contribution in [0.5, 0.6) is 23.0 Å². The van der Waals surface area contributed by atoms with Crippen LogP contribution in [0, 0.1) is 0 Å². The fraction of sp³-hybridized carbons (Fsp3) is 0.364. The molecule has 2 aromatic carbocycles. The molecule has 0 bridgehead atoms. The molecule has 0 aliphatic heterocycles. The smallest absolute Gasteiger partial charge is 0.260 e. The van der Waals surface area contributed by atoms with Gasteiger partial charge in [0.25, 0.3) is 5.91 Å². The van der Waals surface area contributed by atoms with Crippen molar-refractivity contribution in [2.45, 2.75) is 13.8 Å². The highest BCUT2D eigenvalue weighted by Crippen LogP contribution is 2.33. The predicted octanol–water partition coefficient (Wildman–Crippen LogP) is 2.42. The Kier molecular flexibility index (Phi) is 9.34. The van der Waals surface area contributed by atoms with Crippen LogP contribution in [0.25, 0.3) is 0 Å². The summed E-state index contributed by atoms with van der Waals surface area (Å²) >= 11 is 0. The van der Waals surface area contributed by atoms with E-state index in [1.165, 1.54) is 32.6 Å². The monoisotopic (exact) mass is 479 g/mol. The second-order valence-electron chi connectivity index (χ2n) is 6.67. The number of hydrogen-bond acceptors (Lipinski definition) is 8. The highest BCUT2D eigenvalue weighted by molar-refractivity contribution is 7.92. The molecule has 10 nitrogen and oxygen atoms in total. The first-order chi connectivity index (χ1) is 15.7. The number of hydrazone groups is 1. The second-order valence-corrected chi connectivity index (χ2v) is 8.58. The number of anilines is 1. The first kappa shape index (κ1) is 25.8. The minimum atomic E-state index is -3.80. The van der Waals surface area contributed by atoms with E-state index in [4.69, 9.17) is 18.9 Å². The number of carbonyl (C=O) groups is 1. The van der Waals surface area contributed by atoms with Gasteiger partial charge in [-0.1, -0.05) is 0 Å². The lowest BCUT2D eigenvalue weighted by molar-refractivity contribution is -0.119. The Labute approximate surface area is 194 Å². The summed E-state index contributed by atoms with van der Waals surface area (Å²) in [7, 11) is -0.914. The summed E-state index contributed by atoms with van der Waals surface area (Å²) in [5.74, 6) is 1.27. The average molecular weight is 480 g/mol. The van der Waals surface area contributed by atoms with Crippen LogP contribution in [0.15, 0.2) is 41.5 Å². The molecule has 2 rings (SSSR count). The van der Waals surface area contributed by atoms with Gasteiger partial charge < -0.3 is 18.9 Å². The number of amides is 1. The molecule has 0 spiro atoms. The van der Waals surface area contributed by atoms with Crippen molar-refractivity contribution < 1.29 is 32.2 Å². The van der Waals surface area contributed by atoms with Crippen LogP contribution in [0.2, 0.25) is 0 Å². The van der Waals surface area contributed by atoms with Gasteiger partial charge in [0.05, 0.1) is 45.6 Å². The number of ether oxygens (including phenoxy) is 4. The Balaban J connectivity index is 2.16. The summed E-state index contributed by atoms with van der Waals surface area (Å²) in [6.45, 7) is 4.21. The number of sulfonamides is 1. The topological polar surface area (TPSA) is 116 Å². The van der Waals surface area contributed by atoms with Crippen molar-refractivity contribution in [3.05, 3.63) is 42.0 Å². The number of hydrogen-bond donors (Lipinski definition) is 1. The van der Waals surface area contributed by atoms with Crippen molar-refractivity contribution in [1.29, 1.82) is 0 Å². The van der Waals surface area contributed by atoms with Crippen LogP contribution < -0.4 is 28.7 Å². The first-order valence-corrected chi connectivity index (χ1v) is 12.0. The fourth-order valence-electron chi connectivity index (χ4n) is 2.86. The van der Waals surface area contributed by atoms with E-state index in [2.05, 4.69) is 10.5 Å². The normalized spacial score (nSPS) is 11.2. The van der Waals surface area contributed by atoms with Crippen molar-refractivity contribution in [3.63, 3.8) is 0 Å². The number of benzene rings is 2. The van der Waals surface area contributed by atoms with Gasteiger partial charge in [-0.25, -0.2) is 13.8 Å². The molecule has 0 aliphatic carbocycles. The third-order valence-electron chi connectivity index (χ3n) is 4.31. The molecule has 33 heavy (non-hydrogen) atoms. The number of carbonyl (C=O) groups excluding carboxylic acids is 1. The molecule has 0 unspecified atom stereocenters. The molecule has 2 aromatic rings. The number of nitrogens with one attached hydrogen (secondary N) is 1. The molecule has 0 radical (unpaired) electrons. The third kappa shape index (κ3) is 7.28. The van der Waals surface area contributed by atoms with Gasteiger partial charge in [0.15, 0.2) is 11.5 Å². The number of methoxy groups -OCH3 is 2. The third-order valence-corrected chi connectivity index (χ3v) is 5.44. The molecule has 1 amide bonds. The Bertz CT molecular complexity index is 1090. The summed E-state index contributed by atoms with van der Waals surface area (Å²) in [5.41, 5.74) is 3.21. The van der Waals surface area contributed by atoms with E-state index < -0.39 is 22.5 Å². The minimum absolute atomic E-state index is 0.202. The highest BCUT2D eigenvalue weighted by atomic mass is 32.2. The summed E-state index contributed by atoms with van der Waals surface area (Å²) in [4.78, 5) is 12.5. The van der Waals surface area contributed by atoms with Gasteiger partial charge in [0.1, 0.15) is 18.0 Å². The first-order valence-electron chi connectivity index (χ1n) is 10.1. The van der Waals surface area contributed by atoms with E-state index in [1.54, 1.807) is 24.3 Å². The second kappa shape index (κ2) is 12.0. The SMILES string of the molecule is CCOc1ccc(/C=N\NC(=O)CN(c2ccc(OC)cc2OC)S(C)(=O)=O)cc1OCC. The van der Waals surface area contributed by atoms with E-state index in [1.807, 2.05) is 13.8 Å². The standard InChI is InChI=1S/C22H29N3O7S/c1-6-31-19-11-8-16(12-21(19)32-7-2)14-23-24-22(26)15-25(33(5,27)28)18-10-9-17(29-3)13-20(18)30-4/h8-14H,6-7,15H2,1-5H3,(H,24,26)/b23-14-. The molecule has 0 aromatic heterocycles. The molecule has 0 heterocycles. The maximum atomic E-state index is 12.5. The lowest BCUT2D eigenvalue weighted by atomic mass is 10.2. The zero-order valence-electron chi connectivity index (χ0n) is 19.3. The zero-order chi connectivity index (χ0) is 24.4. The van der Waals surface area contributed by atoms with Gasteiger partial charge >= 0.3 is 0 Å². The average Bonchev–Trinajstić information content (AvgIpc) is 2.78. The van der Waals surface area contributed by atoms with Crippen LogP contribution in [0.3, 0.4) is 0 Å². The summed E-state index contributed by atoms with van der Waals surface area (Å²) < 4.78 is 47.2. The molecule has 0 saturated heterocycles. The molecule has 11 heteroatoms. The lowest BCUT2D eigenvalue weighted by Crippen LogP contribution is -2.39. The van der Waals surface area contributed by atoms with Gasteiger partial charge in [-0.05, 0) is 49.7 Å². The van der Waals surface area contributed by atoms with Gasteiger partial charge in [0, 0.05) is 6.07 Å². The van der Waals surface area contributed by atoms with Gasteiger partial charge in [-0.15, -0.1) is 0 Å². The van der Waals surface area contributed by atoms with E-state index in [9.17, 15) is 13.2 Å². The van der Waals surface area contributed by atoms with Gasteiger partial charge in [-0.2, -0.15) is 5.10 Å². The van der Waals surface area contributed by atoms with E-state index in [0.717, 1.165) is 10.6 Å². The molecular formula is C22H29N3O7S. The molecular weight excluding hydrogens is 450 g/mol. The van der Waals surface area contributed by atoms with E-state index in [0.29, 0.717) is 36.0 Å². The number of nitrogens with zero attached hydrogens (tertiary/aromatic N) is 2. The summed E-state index contributed by atoms with van der Waals surface area (Å²) in [6, 6.07) is 9.85. The Morgan fingerprint density at radius 1 is 1.00 bits per heavy atom. The fourth-order valence-corrected chi connectivity index (χ4v) is 3.72. The Morgan fingerprint density at radius 2 is 1.70 bits per heavy atom. The van der Waals surface area contributed by atoms with Crippen molar-refractivity contribution >= 4 is 27.8 Å². The maximum absolute atomic E-state index is 12.5. The van der Waals surface area contributed by atoms with Crippen molar-refractivity contribution in [3.8, 4) is 23.0 Å². The van der Waals surface area contributed by atoms with Crippen LogP contribution in [-0.2, 0) is 14.8 Å². The predicted molar refractivity (Wildman–Crippen MR) is 126 cm³/mol. The van der Waals surface area contributed by atoms with Crippen LogP contribution >= 0.6 is 0 Å². The minimum Gasteiger partial charge on any atom is -0.497 e. The van der Waals surface area contributed by atoms with Gasteiger partial charge in [0.2, 0.25) is 10.0 Å². The van der Waals surface area contributed by atoms with Crippen molar-refractivity contribution in [2.24, 2.45) is 5.10 Å². The Morgan fingerprint density at radius 3 is 2.30 bits per heavy atom. The van der Waals surface area contributed by atoms with E-state index >= 15 is 0 Å². The van der Waals surface area contributed by atoms with Crippen molar-refractivity contribution in [1.82, 2.24) is 5.43 Å². The largest absolute Gasteiger partial charge is 0.497 e. The molecule has 1 N–H and O–H groups in total. The zero-order valence-corrected chi connectivity index (χ0v) is 20.1. The van der Waals surface area contributed by atoms with Crippen LogP contribution in [0.1, 0.15) is 19.4 Å². The van der Waals surface area contributed by atoms with Crippen LogP contribution in [-0.4, -0.2) is 60.8 Å². The summed E-state index contributed by atoms with van der Waals surface area (Å²) in [5, 5.41) is 3.92. The van der Waals surface area contributed by atoms with Crippen LogP contribution in [0.4, 0.5) is 5.69 Å². The Hall–Kier alpha value is -3.47. The molecule has 0 saturated carbocycles. The summed E-state index contributed by atoms with van der Waals surface area (Å²) in [6.07, 6.45) is 2.43. The lowest BCUT2D eigenvalue weighted by Gasteiger charge is -2.23. The number of rotatable bonds is 12. The quantitative estimate of drug-likeness (QED) is 0.367. The van der Waals surface area contributed by atoms with E-state index in [-0.39, 0.29) is 11.4 Å². The molecule has 0 fully saturated rings. The molecule has 180 valence electrons. The molecule has 0 aliphatic rings. The highest BCUT2D eigenvalue weighted by Gasteiger charge is 2.24.